The van der Waals surface area contributed by atoms with Crippen LogP contribution < -0.4 is 0 Å². The lowest BCUT2D eigenvalue weighted by Gasteiger charge is -2.50. The number of halogens is 1. The molecule has 2 aromatic rings. The number of aromatic nitrogens is 1. The lowest BCUT2D eigenvalue weighted by atomic mass is 9.81. The van der Waals surface area contributed by atoms with E-state index in [4.69, 9.17) is 21.1 Å². The summed E-state index contributed by atoms with van der Waals surface area (Å²) in [5.41, 5.74) is 1.28. The molecule has 1 unspecified atom stereocenters. The van der Waals surface area contributed by atoms with E-state index in [1.807, 2.05) is 23.1 Å². The molecule has 26 heavy (non-hydrogen) atoms. The molecule has 3 heterocycles. The third-order valence-electron chi connectivity index (χ3n) is 5.17. The van der Waals surface area contributed by atoms with Crippen LogP contribution in [0.3, 0.4) is 0 Å². The van der Waals surface area contributed by atoms with E-state index in [-0.39, 0.29) is 11.5 Å². The summed E-state index contributed by atoms with van der Waals surface area (Å²) in [6.45, 7) is 3.05. The topological polar surface area (TPSA) is 51.7 Å². The van der Waals surface area contributed by atoms with Gasteiger partial charge < -0.3 is 14.4 Å². The van der Waals surface area contributed by atoms with Crippen LogP contribution >= 0.6 is 11.6 Å². The Labute approximate surface area is 157 Å². The molecular formula is C20H21ClN2O3. The minimum Gasteiger partial charge on any atom is -0.375 e. The van der Waals surface area contributed by atoms with E-state index in [0.717, 1.165) is 18.7 Å². The Kier molecular flexibility index (Phi) is 4.94. The molecule has 1 aromatic carbocycles. The third-order valence-corrected chi connectivity index (χ3v) is 5.41. The molecule has 1 atom stereocenters. The van der Waals surface area contributed by atoms with Gasteiger partial charge in [-0.15, -0.1) is 0 Å². The van der Waals surface area contributed by atoms with Crippen molar-refractivity contribution in [3.05, 3.63) is 64.9 Å². The summed E-state index contributed by atoms with van der Waals surface area (Å²) >= 11 is 5.99. The fraction of sp³-hybridized carbons (Fsp3) is 0.400. The first-order chi connectivity index (χ1) is 12.7. The highest BCUT2D eigenvalue weighted by Gasteiger charge is 2.54. The summed E-state index contributed by atoms with van der Waals surface area (Å²) in [5.74, 6) is 0.302. The van der Waals surface area contributed by atoms with Gasteiger partial charge in [0.1, 0.15) is 5.60 Å². The van der Waals surface area contributed by atoms with Crippen molar-refractivity contribution in [2.75, 3.05) is 26.3 Å². The molecule has 136 valence electrons. The maximum Gasteiger partial charge on any atom is 0.254 e. The first kappa shape index (κ1) is 17.5. The molecule has 0 bridgehead atoms. The number of carbonyl (C=O) groups excluding carboxylic acids is 1. The van der Waals surface area contributed by atoms with Crippen LogP contribution in [0.25, 0.3) is 0 Å². The summed E-state index contributed by atoms with van der Waals surface area (Å²) in [6.07, 6.45) is 2.73. The molecule has 2 aliphatic heterocycles. The van der Waals surface area contributed by atoms with E-state index in [2.05, 4.69) is 4.98 Å². The normalized spacial score (nSPS) is 21.0. The number of rotatable bonds is 5. The summed E-state index contributed by atoms with van der Waals surface area (Å²) in [4.78, 5) is 18.7. The Morgan fingerprint density at radius 1 is 1.31 bits per heavy atom. The van der Waals surface area contributed by atoms with Crippen LogP contribution in [-0.2, 0) is 16.1 Å². The molecule has 0 N–H and O–H groups in total. The summed E-state index contributed by atoms with van der Waals surface area (Å²) in [6, 6.07) is 12.9. The zero-order valence-electron chi connectivity index (χ0n) is 14.4. The van der Waals surface area contributed by atoms with Gasteiger partial charge >= 0.3 is 0 Å². The molecule has 0 saturated carbocycles. The quantitative estimate of drug-likeness (QED) is 0.808. The van der Waals surface area contributed by atoms with Crippen molar-refractivity contribution in [3.8, 4) is 0 Å². The summed E-state index contributed by atoms with van der Waals surface area (Å²) < 4.78 is 11.9. The van der Waals surface area contributed by atoms with Crippen molar-refractivity contribution in [1.82, 2.24) is 9.88 Å². The Morgan fingerprint density at radius 3 is 2.96 bits per heavy atom. The lowest BCUT2D eigenvalue weighted by Crippen LogP contribution is -2.66. The SMILES string of the molecule is O=C(c1cccc(Cl)c1)N1CC2(C1)OCCC2COCc1ccccn1. The van der Waals surface area contributed by atoms with Crippen LogP contribution in [0.5, 0.6) is 0 Å². The van der Waals surface area contributed by atoms with Crippen LogP contribution in [0, 0.1) is 5.92 Å². The van der Waals surface area contributed by atoms with Gasteiger partial charge in [0.15, 0.2) is 0 Å². The molecule has 1 aromatic heterocycles. The molecule has 2 fully saturated rings. The molecule has 1 amide bonds. The fourth-order valence-electron chi connectivity index (χ4n) is 3.71. The Bertz CT molecular complexity index is 778. The van der Waals surface area contributed by atoms with Crippen molar-refractivity contribution < 1.29 is 14.3 Å². The standard InChI is InChI=1S/C20H21ClN2O3/c21-17-5-3-4-15(10-17)19(24)23-13-20(14-23)16(7-9-26-20)11-25-12-18-6-1-2-8-22-18/h1-6,8,10,16H,7,9,11-14H2. The van der Waals surface area contributed by atoms with Crippen LogP contribution in [0.1, 0.15) is 22.5 Å². The number of pyridine rings is 1. The van der Waals surface area contributed by atoms with Crippen molar-refractivity contribution >= 4 is 17.5 Å². The number of benzene rings is 1. The minimum absolute atomic E-state index is 0.00165. The van der Waals surface area contributed by atoms with Crippen molar-refractivity contribution in [2.45, 2.75) is 18.6 Å². The van der Waals surface area contributed by atoms with E-state index in [1.165, 1.54) is 0 Å². The number of nitrogens with zero attached hydrogens (tertiary/aromatic N) is 2. The summed E-state index contributed by atoms with van der Waals surface area (Å²) in [5, 5.41) is 0.573. The number of carbonyl (C=O) groups is 1. The zero-order chi connectivity index (χ0) is 18.0. The predicted octanol–water partition coefficient (Wildman–Crippen LogP) is 3.18. The van der Waals surface area contributed by atoms with Gasteiger partial charge in [-0.1, -0.05) is 23.7 Å². The minimum atomic E-state index is -0.266. The van der Waals surface area contributed by atoms with Crippen LogP contribution in [-0.4, -0.2) is 47.7 Å². The average molecular weight is 373 g/mol. The molecule has 2 saturated heterocycles. The highest BCUT2D eigenvalue weighted by atomic mass is 35.5. The highest BCUT2D eigenvalue weighted by Crippen LogP contribution is 2.40. The van der Waals surface area contributed by atoms with E-state index in [9.17, 15) is 4.79 Å². The first-order valence-corrected chi connectivity index (χ1v) is 9.20. The zero-order valence-corrected chi connectivity index (χ0v) is 15.2. The Hall–Kier alpha value is -1.95. The fourth-order valence-corrected chi connectivity index (χ4v) is 3.90. The van der Waals surface area contributed by atoms with Crippen LogP contribution in [0.2, 0.25) is 5.02 Å². The van der Waals surface area contributed by atoms with E-state index >= 15 is 0 Å². The van der Waals surface area contributed by atoms with Gasteiger partial charge in [0.25, 0.3) is 5.91 Å². The Balaban J connectivity index is 1.32. The van der Waals surface area contributed by atoms with Gasteiger partial charge in [0.05, 0.1) is 32.0 Å². The summed E-state index contributed by atoms with van der Waals surface area (Å²) in [7, 11) is 0. The van der Waals surface area contributed by atoms with E-state index in [0.29, 0.717) is 42.8 Å². The van der Waals surface area contributed by atoms with Gasteiger partial charge in [-0.05, 0) is 36.8 Å². The monoisotopic (exact) mass is 372 g/mol. The second-order valence-corrected chi connectivity index (χ2v) is 7.34. The van der Waals surface area contributed by atoms with Gasteiger partial charge in [0, 0.05) is 29.3 Å². The molecule has 1 spiro atoms. The maximum absolute atomic E-state index is 12.6. The molecule has 5 nitrogen and oxygen atoms in total. The van der Waals surface area contributed by atoms with Crippen molar-refractivity contribution in [3.63, 3.8) is 0 Å². The molecule has 0 aliphatic carbocycles. The first-order valence-electron chi connectivity index (χ1n) is 8.83. The molecule has 2 aliphatic rings. The number of hydrogen-bond acceptors (Lipinski definition) is 4. The molecule has 6 heteroatoms. The molecule has 0 radical (unpaired) electrons. The number of hydrogen-bond donors (Lipinski definition) is 0. The van der Waals surface area contributed by atoms with Gasteiger partial charge in [-0.25, -0.2) is 0 Å². The van der Waals surface area contributed by atoms with Crippen molar-refractivity contribution in [1.29, 1.82) is 0 Å². The van der Waals surface area contributed by atoms with Gasteiger partial charge in [-0.3, -0.25) is 9.78 Å². The van der Waals surface area contributed by atoms with E-state index < -0.39 is 0 Å². The van der Waals surface area contributed by atoms with Crippen molar-refractivity contribution in [2.24, 2.45) is 5.92 Å². The largest absolute Gasteiger partial charge is 0.375 e. The maximum atomic E-state index is 12.6. The Morgan fingerprint density at radius 2 is 2.19 bits per heavy atom. The third kappa shape index (κ3) is 3.47. The highest BCUT2D eigenvalue weighted by molar-refractivity contribution is 6.30. The van der Waals surface area contributed by atoms with Gasteiger partial charge in [0.2, 0.25) is 0 Å². The number of ether oxygens (including phenoxy) is 2. The van der Waals surface area contributed by atoms with Gasteiger partial charge in [-0.2, -0.15) is 0 Å². The lowest BCUT2D eigenvalue weighted by molar-refractivity contribution is -0.129. The number of amides is 1. The molecular weight excluding hydrogens is 352 g/mol. The molecule has 4 rings (SSSR count). The van der Waals surface area contributed by atoms with Crippen LogP contribution in [0.15, 0.2) is 48.7 Å². The average Bonchev–Trinajstić information content (AvgIpc) is 3.05. The smallest absolute Gasteiger partial charge is 0.254 e. The second kappa shape index (κ2) is 7.35. The van der Waals surface area contributed by atoms with E-state index in [1.54, 1.807) is 30.5 Å². The predicted molar refractivity (Wildman–Crippen MR) is 98.0 cm³/mol. The second-order valence-electron chi connectivity index (χ2n) is 6.91. The van der Waals surface area contributed by atoms with Crippen LogP contribution in [0.4, 0.5) is 0 Å². The number of likely N-dealkylation sites (tertiary alicyclic amines) is 1.